The number of carbonyl (C=O) groups is 3. The van der Waals surface area contributed by atoms with Gasteiger partial charge < -0.3 is 43.7 Å². The smallest absolute Gasteiger partial charge is 0.550 e. The third-order valence-electron chi connectivity index (χ3n) is 8.63. The first kappa shape index (κ1) is 39.1. The minimum atomic E-state index is -2.21. The number of nitrogens with zero attached hydrogens (tertiary/aromatic N) is 2. The molecule has 0 saturated heterocycles. The van der Waals surface area contributed by atoms with E-state index in [0.29, 0.717) is 34.9 Å². The maximum Gasteiger partial charge on any atom is 1.00 e. The van der Waals surface area contributed by atoms with Gasteiger partial charge in [-0.15, -0.1) is 0 Å². The van der Waals surface area contributed by atoms with Gasteiger partial charge in [-0.2, -0.15) is 0 Å². The molecule has 1 aliphatic heterocycles. The SMILES string of the molecule is CC([C@H](C/C=C/c1nc2ccccc2o1)c1ccc2c(c1)OCO2)N(Cc1ccc2ccccc2c1)C(=O)C(O)C(CC(=O)[O-])C(=O)[O-].[Na+].[Na+]. The number of fused-ring (bicyclic) bond motifs is 3. The Hall–Kier alpha value is -3.68. The van der Waals surface area contributed by atoms with E-state index in [1.807, 2.05) is 84.9 Å². The van der Waals surface area contributed by atoms with Crippen LogP contribution in [0.4, 0.5) is 0 Å². The van der Waals surface area contributed by atoms with Crippen molar-refractivity contribution in [3.8, 4) is 11.5 Å². The van der Waals surface area contributed by atoms with Crippen molar-refractivity contribution in [1.82, 2.24) is 9.88 Å². The Morgan fingerprint density at radius 3 is 2.38 bits per heavy atom. The quantitative estimate of drug-likeness (QED) is 0.127. The molecule has 5 aromatic rings. The molecule has 1 amide bonds. The van der Waals surface area contributed by atoms with Gasteiger partial charge in [0, 0.05) is 36.4 Å². The number of hydrogen-bond donors (Lipinski definition) is 1. The van der Waals surface area contributed by atoms with Crippen molar-refractivity contribution in [2.75, 3.05) is 6.79 Å². The maximum atomic E-state index is 14.1. The molecule has 0 bridgehead atoms. The van der Waals surface area contributed by atoms with Crippen LogP contribution < -0.4 is 78.8 Å². The van der Waals surface area contributed by atoms with Crippen LogP contribution in [0.25, 0.3) is 27.9 Å². The second kappa shape index (κ2) is 17.5. The fourth-order valence-electron chi connectivity index (χ4n) is 6.05. The van der Waals surface area contributed by atoms with Gasteiger partial charge in [-0.05, 0) is 78.1 Å². The zero-order chi connectivity index (χ0) is 33.8. The first-order chi connectivity index (χ1) is 23.2. The van der Waals surface area contributed by atoms with E-state index in [-0.39, 0.29) is 72.5 Å². The topological polar surface area (TPSA) is 165 Å². The summed E-state index contributed by atoms with van der Waals surface area (Å²) in [6.07, 6.45) is 0.671. The number of oxazole rings is 1. The van der Waals surface area contributed by atoms with Crippen molar-refractivity contribution >= 4 is 45.8 Å². The molecule has 6 rings (SSSR count). The number of carboxylic acids is 2. The van der Waals surface area contributed by atoms with E-state index >= 15 is 0 Å². The van der Waals surface area contributed by atoms with E-state index in [2.05, 4.69) is 4.98 Å². The molecular formula is C37H32N2Na2O9. The molecule has 11 nitrogen and oxygen atoms in total. The molecule has 13 heteroatoms. The number of ether oxygens (including phenoxy) is 2. The van der Waals surface area contributed by atoms with Crippen LogP contribution in [0.3, 0.4) is 0 Å². The number of allylic oxidation sites excluding steroid dienone is 1. The Kier molecular flexibility index (Phi) is 13.7. The van der Waals surface area contributed by atoms with E-state index in [0.717, 1.165) is 21.9 Å². The van der Waals surface area contributed by atoms with Crippen LogP contribution in [-0.2, 0) is 20.9 Å². The normalized spacial score (nSPS) is 14.4. The monoisotopic (exact) mass is 694 g/mol. The summed E-state index contributed by atoms with van der Waals surface area (Å²) in [5, 5.41) is 36.2. The van der Waals surface area contributed by atoms with Crippen molar-refractivity contribution in [3.05, 3.63) is 108 Å². The summed E-state index contributed by atoms with van der Waals surface area (Å²) in [6, 6.07) is 25.5. The molecule has 2 heterocycles. The minimum Gasteiger partial charge on any atom is -0.550 e. The summed E-state index contributed by atoms with van der Waals surface area (Å²) < 4.78 is 17.0. The molecule has 0 spiro atoms. The summed E-state index contributed by atoms with van der Waals surface area (Å²) in [5.41, 5.74) is 2.85. The largest absolute Gasteiger partial charge is 1.00 e. The number of benzene rings is 4. The standard InChI is InChI=1S/C37H34N2O9.2Na/c1-22(27(26-15-16-31-32(18-26)47-21-46-31)9-6-12-33-38-29-10-4-5-11-30(29)48-33)39(36(43)35(42)28(37(44)45)19-34(40)41)20-23-13-14-24-7-2-3-8-25(24)17-23;;/h2-8,10-18,22,27-28,35,42H,9,19-21H2,1H3,(H,40,41)(H,44,45);;/q;2*+1/p-2/b12-6+;;/t22?,27-,28?,35?;;/m0../s1. The molecule has 1 aromatic heterocycles. The van der Waals surface area contributed by atoms with Crippen LogP contribution in [0.1, 0.15) is 42.7 Å². The Morgan fingerprint density at radius 2 is 1.64 bits per heavy atom. The van der Waals surface area contributed by atoms with Gasteiger partial charge in [0.05, 0.1) is 0 Å². The summed E-state index contributed by atoms with van der Waals surface area (Å²) in [4.78, 5) is 43.2. The summed E-state index contributed by atoms with van der Waals surface area (Å²) in [7, 11) is 0. The van der Waals surface area contributed by atoms with E-state index in [9.17, 15) is 29.7 Å². The zero-order valence-corrected chi connectivity index (χ0v) is 32.0. The molecule has 0 aliphatic carbocycles. The average Bonchev–Trinajstić information content (AvgIpc) is 3.73. The van der Waals surface area contributed by atoms with Crippen molar-refractivity contribution in [2.45, 2.75) is 44.4 Å². The number of para-hydroxylation sites is 2. The van der Waals surface area contributed by atoms with Gasteiger partial charge in [0.1, 0.15) is 11.6 Å². The number of aliphatic hydroxyl groups excluding tert-OH is 1. The Bertz CT molecular complexity index is 1980. The van der Waals surface area contributed by atoms with Crippen molar-refractivity contribution in [2.24, 2.45) is 5.92 Å². The fraction of sp³-hybridized carbons (Fsp3) is 0.243. The molecule has 50 heavy (non-hydrogen) atoms. The minimum absolute atomic E-state index is 0. The molecule has 246 valence electrons. The van der Waals surface area contributed by atoms with Crippen molar-refractivity contribution in [3.63, 3.8) is 0 Å². The number of aliphatic hydroxyl groups is 1. The van der Waals surface area contributed by atoms with Crippen LogP contribution in [0.2, 0.25) is 0 Å². The number of hydrogen-bond acceptors (Lipinski definition) is 10. The summed E-state index contributed by atoms with van der Waals surface area (Å²) in [6.45, 7) is 1.85. The third kappa shape index (κ3) is 8.96. The number of carboxylic acid groups (broad SMARTS) is 2. The molecule has 4 aromatic carbocycles. The molecular weight excluding hydrogens is 662 g/mol. The van der Waals surface area contributed by atoms with Gasteiger partial charge in [-0.25, -0.2) is 4.98 Å². The van der Waals surface area contributed by atoms with Crippen LogP contribution in [0.15, 0.2) is 95.4 Å². The molecule has 3 unspecified atom stereocenters. The summed E-state index contributed by atoms with van der Waals surface area (Å²) in [5.74, 6) is -5.50. The van der Waals surface area contributed by atoms with Crippen LogP contribution in [0, 0.1) is 5.92 Å². The van der Waals surface area contributed by atoms with Crippen molar-refractivity contribution in [1.29, 1.82) is 0 Å². The number of aromatic nitrogens is 1. The van der Waals surface area contributed by atoms with E-state index < -0.39 is 48.2 Å². The number of aliphatic carboxylic acids is 2. The third-order valence-corrected chi connectivity index (χ3v) is 8.63. The maximum absolute atomic E-state index is 14.1. The van der Waals surface area contributed by atoms with Crippen LogP contribution in [-0.4, -0.2) is 51.8 Å². The van der Waals surface area contributed by atoms with Gasteiger partial charge in [0.2, 0.25) is 12.7 Å². The van der Waals surface area contributed by atoms with Crippen LogP contribution in [0.5, 0.6) is 11.5 Å². The molecule has 4 atom stereocenters. The molecule has 1 N–H and O–H groups in total. The van der Waals surface area contributed by atoms with Crippen LogP contribution >= 0.6 is 0 Å². The zero-order valence-electron chi connectivity index (χ0n) is 28.0. The summed E-state index contributed by atoms with van der Waals surface area (Å²) >= 11 is 0. The van der Waals surface area contributed by atoms with Gasteiger partial charge >= 0.3 is 59.1 Å². The molecule has 0 saturated carbocycles. The van der Waals surface area contributed by atoms with Crippen molar-refractivity contribution < 1.29 is 103 Å². The van der Waals surface area contributed by atoms with E-state index in [1.165, 1.54) is 4.90 Å². The van der Waals surface area contributed by atoms with Gasteiger partial charge in [-0.1, -0.05) is 60.7 Å². The average molecular weight is 695 g/mol. The number of amides is 1. The first-order valence-corrected chi connectivity index (χ1v) is 15.5. The Balaban J connectivity index is 0.00000281. The first-order valence-electron chi connectivity index (χ1n) is 15.5. The fourth-order valence-corrected chi connectivity index (χ4v) is 6.05. The Morgan fingerprint density at radius 1 is 0.920 bits per heavy atom. The predicted molar refractivity (Wildman–Crippen MR) is 171 cm³/mol. The second-order valence-electron chi connectivity index (χ2n) is 11.7. The van der Waals surface area contributed by atoms with Gasteiger partial charge in [-0.3, -0.25) is 4.79 Å². The predicted octanol–water partition coefficient (Wildman–Crippen LogP) is -2.81. The molecule has 0 radical (unpaired) electrons. The van der Waals surface area contributed by atoms with E-state index in [4.69, 9.17) is 13.9 Å². The second-order valence-corrected chi connectivity index (χ2v) is 11.7. The Labute approximate surface area is 332 Å². The number of carbonyl (C=O) groups excluding carboxylic acids is 3. The van der Waals surface area contributed by atoms with Gasteiger partial charge in [0.15, 0.2) is 17.1 Å². The van der Waals surface area contributed by atoms with Gasteiger partial charge in [0.25, 0.3) is 5.91 Å². The molecule has 0 fully saturated rings. The number of rotatable bonds is 13. The van der Waals surface area contributed by atoms with E-state index in [1.54, 1.807) is 19.1 Å². The molecule has 1 aliphatic rings.